The van der Waals surface area contributed by atoms with Crippen molar-refractivity contribution in [1.29, 1.82) is 0 Å². The molecule has 0 aromatic heterocycles. The van der Waals surface area contributed by atoms with Gasteiger partial charge in [0.15, 0.2) is 5.82 Å². The molecule has 0 radical (unpaired) electrons. The molecule has 0 aliphatic carbocycles. The SMILES string of the molecule is Nc1c(F)cc(F)cc1NCC1CCSC1. The number of anilines is 2. The van der Waals surface area contributed by atoms with E-state index in [1.165, 1.54) is 11.8 Å². The van der Waals surface area contributed by atoms with Gasteiger partial charge in [-0.25, -0.2) is 8.78 Å². The summed E-state index contributed by atoms with van der Waals surface area (Å²) in [5.41, 5.74) is 5.88. The van der Waals surface area contributed by atoms with Gasteiger partial charge in [0.05, 0.1) is 11.4 Å². The van der Waals surface area contributed by atoms with Crippen LogP contribution in [0.1, 0.15) is 6.42 Å². The molecular formula is C11H14F2N2S. The molecule has 88 valence electrons. The number of nitrogens with two attached hydrogens (primary N) is 1. The average Bonchev–Trinajstić information content (AvgIpc) is 2.74. The maximum Gasteiger partial charge on any atom is 0.151 e. The standard InChI is InChI=1S/C11H14F2N2S/c12-8-3-9(13)11(14)10(4-8)15-5-7-1-2-16-6-7/h3-4,7,15H,1-2,5-6,14H2. The first kappa shape index (κ1) is 11.5. The molecule has 3 N–H and O–H groups in total. The van der Waals surface area contributed by atoms with Crippen LogP contribution < -0.4 is 11.1 Å². The van der Waals surface area contributed by atoms with Crippen molar-refractivity contribution in [3.05, 3.63) is 23.8 Å². The molecule has 2 nitrogen and oxygen atoms in total. The van der Waals surface area contributed by atoms with E-state index in [0.717, 1.165) is 24.8 Å². The Bertz CT molecular complexity index is 378. The first-order valence-electron chi connectivity index (χ1n) is 5.23. The summed E-state index contributed by atoms with van der Waals surface area (Å²) in [6.45, 7) is 0.722. The molecule has 5 heteroatoms. The third kappa shape index (κ3) is 2.58. The Hall–Kier alpha value is -0.970. The van der Waals surface area contributed by atoms with E-state index in [9.17, 15) is 8.78 Å². The number of halogens is 2. The third-order valence-corrected chi connectivity index (χ3v) is 3.93. The van der Waals surface area contributed by atoms with E-state index in [0.29, 0.717) is 11.6 Å². The summed E-state index contributed by atoms with van der Waals surface area (Å²) in [7, 11) is 0. The Balaban J connectivity index is 2.02. The van der Waals surface area contributed by atoms with Crippen molar-refractivity contribution in [3.8, 4) is 0 Å². The Labute approximate surface area is 97.6 Å². The molecule has 0 amide bonds. The second-order valence-electron chi connectivity index (χ2n) is 3.96. The maximum absolute atomic E-state index is 13.1. The zero-order valence-corrected chi connectivity index (χ0v) is 9.62. The fraction of sp³-hybridized carbons (Fsp3) is 0.455. The maximum atomic E-state index is 13.1. The number of hydrogen-bond acceptors (Lipinski definition) is 3. The summed E-state index contributed by atoms with van der Waals surface area (Å²) in [5, 5.41) is 3.02. The van der Waals surface area contributed by atoms with Gasteiger partial charge in [0.25, 0.3) is 0 Å². The van der Waals surface area contributed by atoms with Crippen LogP contribution in [0.5, 0.6) is 0 Å². The fourth-order valence-electron chi connectivity index (χ4n) is 1.73. The van der Waals surface area contributed by atoms with Gasteiger partial charge >= 0.3 is 0 Å². The smallest absolute Gasteiger partial charge is 0.151 e. The molecule has 1 aliphatic rings. The average molecular weight is 244 g/mol. The first-order chi connectivity index (χ1) is 7.66. The van der Waals surface area contributed by atoms with Crippen molar-refractivity contribution >= 4 is 23.1 Å². The number of benzene rings is 1. The van der Waals surface area contributed by atoms with Gasteiger partial charge in [-0.15, -0.1) is 0 Å². The summed E-state index contributed by atoms with van der Waals surface area (Å²) in [6, 6.07) is 2.03. The minimum atomic E-state index is -0.705. The number of thioether (sulfide) groups is 1. The summed E-state index contributed by atoms with van der Waals surface area (Å²) in [5.74, 6) is 1.53. The monoisotopic (exact) mass is 244 g/mol. The molecule has 1 aliphatic heterocycles. The zero-order chi connectivity index (χ0) is 11.5. The molecule has 1 atom stereocenters. The Morgan fingerprint density at radius 3 is 2.94 bits per heavy atom. The molecule has 1 heterocycles. The van der Waals surface area contributed by atoms with Gasteiger partial charge in [-0.05, 0) is 29.9 Å². The summed E-state index contributed by atoms with van der Waals surface area (Å²) < 4.78 is 26.1. The van der Waals surface area contributed by atoms with Gasteiger partial charge in [-0.1, -0.05) is 0 Å². The van der Waals surface area contributed by atoms with Crippen molar-refractivity contribution in [2.75, 3.05) is 29.1 Å². The lowest BCUT2D eigenvalue weighted by Gasteiger charge is -2.13. The highest BCUT2D eigenvalue weighted by atomic mass is 32.2. The first-order valence-corrected chi connectivity index (χ1v) is 6.38. The van der Waals surface area contributed by atoms with Gasteiger partial charge in [0.1, 0.15) is 5.82 Å². The van der Waals surface area contributed by atoms with Gasteiger partial charge < -0.3 is 11.1 Å². The molecule has 2 rings (SSSR count). The molecule has 1 fully saturated rings. The quantitative estimate of drug-likeness (QED) is 0.803. The molecule has 1 unspecified atom stereocenters. The van der Waals surface area contributed by atoms with E-state index in [1.54, 1.807) is 0 Å². The summed E-state index contributed by atoms with van der Waals surface area (Å²) >= 11 is 1.91. The molecule has 1 aromatic carbocycles. The second-order valence-corrected chi connectivity index (χ2v) is 5.11. The van der Waals surface area contributed by atoms with Crippen LogP contribution >= 0.6 is 11.8 Å². The van der Waals surface area contributed by atoms with Crippen molar-refractivity contribution < 1.29 is 8.78 Å². The van der Waals surface area contributed by atoms with E-state index < -0.39 is 11.6 Å². The van der Waals surface area contributed by atoms with Crippen molar-refractivity contribution in [3.63, 3.8) is 0 Å². The Morgan fingerprint density at radius 2 is 2.25 bits per heavy atom. The molecule has 0 saturated carbocycles. The van der Waals surface area contributed by atoms with E-state index in [1.807, 2.05) is 11.8 Å². The molecular weight excluding hydrogens is 230 g/mol. The lowest BCUT2D eigenvalue weighted by molar-refractivity contribution is 0.585. The normalized spacial score (nSPS) is 20.0. The lowest BCUT2D eigenvalue weighted by Crippen LogP contribution is -2.15. The van der Waals surface area contributed by atoms with Crippen LogP contribution in [-0.4, -0.2) is 18.1 Å². The largest absolute Gasteiger partial charge is 0.395 e. The van der Waals surface area contributed by atoms with Gasteiger partial charge in [0, 0.05) is 12.6 Å². The number of nitrogens with one attached hydrogen (secondary N) is 1. The van der Waals surface area contributed by atoms with Crippen molar-refractivity contribution in [1.82, 2.24) is 0 Å². The highest BCUT2D eigenvalue weighted by Gasteiger charge is 2.16. The number of rotatable bonds is 3. The van der Waals surface area contributed by atoms with E-state index in [2.05, 4.69) is 5.32 Å². The Morgan fingerprint density at radius 1 is 1.44 bits per heavy atom. The van der Waals surface area contributed by atoms with Crippen LogP contribution in [0, 0.1) is 17.6 Å². The highest BCUT2D eigenvalue weighted by molar-refractivity contribution is 7.99. The minimum absolute atomic E-state index is 0.00736. The lowest BCUT2D eigenvalue weighted by atomic mass is 10.1. The van der Waals surface area contributed by atoms with Gasteiger partial charge in [-0.2, -0.15) is 11.8 Å². The second kappa shape index (κ2) is 4.91. The number of hydrogen-bond donors (Lipinski definition) is 2. The summed E-state index contributed by atoms with van der Waals surface area (Å²) in [4.78, 5) is 0. The molecule has 1 saturated heterocycles. The molecule has 1 aromatic rings. The Kier molecular flexibility index (Phi) is 3.53. The molecule has 0 spiro atoms. The van der Waals surface area contributed by atoms with Crippen LogP contribution in [0.4, 0.5) is 20.2 Å². The molecule has 0 bridgehead atoms. The minimum Gasteiger partial charge on any atom is -0.395 e. The predicted molar refractivity (Wildman–Crippen MR) is 64.7 cm³/mol. The third-order valence-electron chi connectivity index (χ3n) is 2.70. The van der Waals surface area contributed by atoms with Gasteiger partial charge in [0.2, 0.25) is 0 Å². The van der Waals surface area contributed by atoms with E-state index in [4.69, 9.17) is 5.73 Å². The summed E-state index contributed by atoms with van der Waals surface area (Å²) in [6.07, 6.45) is 1.15. The van der Waals surface area contributed by atoms with Crippen LogP contribution in [0.15, 0.2) is 12.1 Å². The van der Waals surface area contributed by atoms with Crippen LogP contribution in [0.25, 0.3) is 0 Å². The van der Waals surface area contributed by atoms with Gasteiger partial charge in [-0.3, -0.25) is 0 Å². The van der Waals surface area contributed by atoms with Crippen LogP contribution in [-0.2, 0) is 0 Å². The topological polar surface area (TPSA) is 38.0 Å². The van der Waals surface area contributed by atoms with Crippen LogP contribution in [0.3, 0.4) is 0 Å². The number of nitrogen functional groups attached to an aromatic ring is 1. The molecule has 16 heavy (non-hydrogen) atoms. The van der Waals surface area contributed by atoms with Crippen molar-refractivity contribution in [2.24, 2.45) is 5.92 Å². The predicted octanol–water partition coefficient (Wildman–Crippen LogP) is 2.71. The van der Waals surface area contributed by atoms with E-state index in [-0.39, 0.29) is 5.69 Å². The fourth-order valence-corrected chi connectivity index (χ4v) is 3.01. The highest BCUT2D eigenvalue weighted by Crippen LogP contribution is 2.27. The zero-order valence-electron chi connectivity index (χ0n) is 8.80. The van der Waals surface area contributed by atoms with Crippen LogP contribution in [0.2, 0.25) is 0 Å². The van der Waals surface area contributed by atoms with E-state index >= 15 is 0 Å². The van der Waals surface area contributed by atoms with Crippen molar-refractivity contribution in [2.45, 2.75) is 6.42 Å².